The van der Waals surface area contributed by atoms with Crippen LogP contribution in [0.2, 0.25) is 0 Å². The average Bonchev–Trinajstić information content (AvgIpc) is 2.88. The zero-order chi connectivity index (χ0) is 30.8. The topological polar surface area (TPSA) is 132 Å². The molecular weight excluding hydrogens is 520 g/mol. The molecule has 0 heterocycles. The first-order valence-corrected chi connectivity index (χ1v) is 13.7. The summed E-state index contributed by atoms with van der Waals surface area (Å²) >= 11 is 0. The quantitative estimate of drug-likeness (QED) is 0.0804. The van der Waals surface area contributed by atoms with E-state index < -0.39 is 34.7 Å². The zero-order valence-electron chi connectivity index (χ0n) is 25.2. The second kappa shape index (κ2) is 19.0. The van der Waals surface area contributed by atoms with Crippen molar-refractivity contribution in [1.29, 1.82) is 0 Å². The lowest BCUT2D eigenvalue weighted by molar-refractivity contribution is -0.165. The molecule has 0 aromatic heterocycles. The number of ether oxygens (including phenoxy) is 5. The monoisotopic (exact) mass is 568 g/mol. The van der Waals surface area contributed by atoms with Crippen molar-refractivity contribution in [2.45, 2.75) is 92.9 Å². The first-order valence-electron chi connectivity index (χ1n) is 13.7. The molecule has 0 aliphatic rings. The number of esters is 5. The highest BCUT2D eigenvalue weighted by Crippen LogP contribution is 2.22. The van der Waals surface area contributed by atoms with Crippen molar-refractivity contribution in [2.75, 3.05) is 33.0 Å². The van der Waals surface area contributed by atoms with Gasteiger partial charge < -0.3 is 23.7 Å². The number of carbonyl (C=O) groups is 5. The average molecular weight is 569 g/mol. The molecule has 0 aromatic rings. The maximum absolute atomic E-state index is 12.6. The summed E-state index contributed by atoms with van der Waals surface area (Å²) in [5.41, 5.74) is -0.952. The molecular formula is C30H48O10. The summed E-state index contributed by atoms with van der Waals surface area (Å²) in [5, 5.41) is 0. The molecule has 10 nitrogen and oxygen atoms in total. The van der Waals surface area contributed by atoms with Crippen molar-refractivity contribution in [3.8, 4) is 0 Å². The van der Waals surface area contributed by atoms with Gasteiger partial charge in [-0.15, -0.1) is 0 Å². The molecule has 0 rings (SSSR count). The summed E-state index contributed by atoms with van der Waals surface area (Å²) < 4.78 is 26.0. The van der Waals surface area contributed by atoms with E-state index in [1.165, 1.54) is 0 Å². The van der Waals surface area contributed by atoms with E-state index in [0.29, 0.717) is 49.7 Å². The fraction of sp³-hybridized carbons (Fsp3) is 0.700. The van der Waals surface area contributed by atoms with Gasteiger partial charge in [-0.25, -0.2) is 9.59 Å². The van der Waals surface area contributed by atoms with Crippen molar-refractivity contribution in [1.82, 2.24) is 0 Å². The van der Waals surface area contributed by atoms with Gasteiger partial charge in [0.05, 0.1) is 31.8 Å². The Labute approximate surface area is 238 Å². The summed E-state index contributed by atoms with van der Waals surface area (Å²) in [6, 6.07) is 0. The van der Waals surface area contributed by atoms with E-state index in [1.807, 2.05) is 13.8 Å². The highest BCUT2D eigenvalue weighted by molar-refractivity contribution is 5.87. The van der Waals surface area contributed by atoms with Gasteiger partial charge in [-0.1, -0.05) is 27.0 Å². The van der Waals surface area contributed by atoms with E-state index in [-0.39, 0.29) is 51.8 Å². The Bertz CT molecular complexity index is 885. The lowest BCUT2D eigenvalue weighted by Gasteiger charge is -2.27. The molecule has 0 aromatic carbocycles. The third-order valence-corrected chi connectivity index (χ3v) is 5.58. The Morgan fingerprint density at radius 1 is 0.550 bits per heavy atom. The van der Waals surface area contributed by atoms with Gasteiger partial charge in [0.15, 0.2) is 0 Å². The first-order chi connectivity index (χ1) is 18.6. The Hall–Kier alpha value is -3.17. The summed E-state index contributed by atoms with van der Waals surface area (Å²) in [6.07, 6.45) is 4.30. The number of hydrogen-bond acceptors (Lipinski definition) is 10. The Morgan fingerprint density at radius 2 is 0.950 bits per heavy atom. The first kappa shape index (κ1) is 36.8. The number of unbranched alkanes of at least 4 members (excludes halogenated alkanes) is 4. The van der Waals surface area contributed by atoms with Crippen LogP contribution in [0.25, 0.3) is 0 Å². The minimum atomic E-state index is -1.04. The summed E-state index contributed by atoms with van der Waals surface area (Å²) in [5.74, 6) is -2.14. The van der Waals surface area contributed by atoms with Crippen LogP contribution in [0.15, 0.2) is 24.3 Å². The SMILES string of the molecule is C=C(C)C(=O)OCCCCCC(=O)OCC(C)(C)COC(=O)C(C)(C)COC(=O)CCCCCOC(=O)C(=C)C. The van der Waals surface area contributed by atoms with Gasteiger partial charge >= 0.3 is 29.8 Å². The van der Waals surface area contributed by atoms with Crippen molar-refractivity contribution < 1.29 is 47.7 Å². The van der Waals surface area contributed by atoms with E-state index in [1.54, 1.807) is 27.7 Å². The standard InChI is InChI=1S/C30H48O10/c1-22(2)26(33)36-17-13-9-11-15-24(31)38-19-29(5,6)20-40-28(35)30(7,8)21-39-25(32)16-12-10-14-18-37-27(34)23(3)4/h1,3,9-21H2,2,4-8H3. The number of rotatable bonds is 21. The molecule has 0 bridgehead atoms. The van der Waals surface area contributed by atoms with Crippen LogP contribution < -0.4 is 0 Å². The molecule has 40 heavy (non-hydrogen) atoms. The number of carbonyl (C=O) groups excluding carboxylic acids is 5. The molecule has 0 saturated heterocycles. The van der Waals surface area contributed by atoms with Crippen LogP contribution in [-0.4, -0.2) is 62.9 Å². The van der Waals surface area contributed by atoms with E-state index in [2.05, 4.69) is 13.2 Å². The predicted molar refractivity (Wildman–Crippen MR) is 149 cm³/mol. The lowest BCUT2D eigenvalue weighted by Crippen LogP contribution is -2.36. The van der Waals surface area contributed by atoms with Gasteiger partial charge in [-0.3, -0.25) is 14.4 Å². The van der Waals surface area contributed by atoms with E-state index in [0.717, 1.165) is 0 Å². The normalized spacial score (nSPS) is 11.2. The third kappa shape index (κ3) is 18.2. The lowest BCUT2D eigenvalue weighted by atomic mass is 9.93. The van der Waals surface area contributed by atoms with Crippen LogP contribution in [0.4, 0.5) is 0 Å². The maximum atomic E-state index is 12.6. The third-order valence-electron chi connectivity index (χ3n) is 5.58. The molecule has 0 saturated carbocycles. The molecule has 10 heteroatoms. The fourth-order valence-electron chi connectivity index (χ4n) is 2.91. The molecule has 0 amide bonds. The van der Waals surface area contributed by atoms with E-state index in [4.69, 9.17) is 23.7 Å². The molecule has 0 unspecified atom stereocenters. The number of hydrogen-bond donors (Lipinski definition) is 0. The predicted octanol–water partition coefficient (Wildman–Crippen LogP) is 5.03. The van der Waals surface area contributed by atoms with Gasteiger partial charge in [-0.05, 0) is 66.2 Å². The molecule has 0 spiro atoms. The molecule has 228 valence electrons. The maximum Gasteiger partial charge on any atom is 0.333 e. The highest BCUT2D eigenvalue weighted by atomic mass is 16.6. The molecule has 0 aliphatic heterocycles. The van der Waals surface area contributed by atoms with Gasteiger partial charge in [0, 0.05) is 29.4 Å². The van der Waals surface area contributed by atoms with Crippen LogP contribution in [0.1, 0.15) is 92.9 Å². The molecule has 0 aliphatic carbocycles. The van der Waals surface area contributed by atoms with E-state index >= 15 is 0 Å². The van der Waals surface area contributed by atoms with Gasteiger partial charge in [0.1, 0.15) is 6.61 Å². The Kier molecular flexibility index (Phi) is 17.5. The second-order valence-corrected chi connectivity index (χ2v) is 11.4. The smallest absolute Gasteiger partial charge is 0.333 e. The minimum Gasteiger partial charge on any atom is -0.465 e. The molecule has 0 atom stereocenters. The van der Waals surface area contributed by atoms with Crippen LogP contribution >= 0.6 is 0 Å². The van der Waals surface area contributed by atoms with Crippen LogP contribution in [-0.2, 0) is 47.7 Å². The van der Waals surface area contributed by atoms with Crippen molar-refractivity contribution in [3.05, 3.63) is 24.3 Å². The van der Waals surface area contributed by atoms with E-state index in [9.17, 15) is 24.0 Å². The van der Waals surface area contributed by atoms with Crippen LogP contribution in [0, 0.1) is 10.8 Å². The Balaban J connectivity index is 4.14. The second-order valence-electron chi connectivity index (χ2n) is 11.4. The highest BCUT2D eigenvalue weighted by Gasteiger charge is 2.33. The van der Waals surface area contributed by atoms with Crippen LogP contribution in [0.3, 0.4) is 0 Å². The zero-order valence-corrected chi connectivity index (χ0v) is 25.2. The van der Waals surface area contributed by atoms with Crippen molar-refractivity contribution in [3.63, 3.8) is 0 Å². The van der Waals surface area contributed by atoms with Gasteiger partial charge in [0.2, 0.25) is 0 Å². The Morgan fingerprint density at radius 3 is 1.38 bits per heavy atom. The van der Waals surface area contributed by atoms with Crippen LogP contribution in [0.5, 0.6) is 0 Å². The fourth-order valence-corrected chi connectivity index (χ4v) is 2.91. The largest absolute Gasteiger partial charge is 0.465 e. The molecule has 0 radical (unpaired) electrons. The summed E-state index contributed by atoms with van der Waals surface area (Å²) in [6.45, 7) is 17.6. The summed E-state index contributed by atoms with van der Waals surface area (Å²) in [4.78, 5) is 59.3. The van der Waals surface area contributed by atoms with Crippen molar-refractivity contribution in [2.24, 2.45) is 10.8 Å². The molecule has 0 N–H and O–H groups in total. The molecule has 0 fully saturated rings. The van der Waals surface area contributed by atoms with Gasteiger partial charge in [-0.2, -0.15) is 0 Å². The van der Waals surface area contributed by atoms with Crippen molar-refractivity contribution >= 4 is 29.8 Å². The van der Waals surface area contributed by atoms with Gasteiger partial charge in [0.25, 0.3) is 0 Å². The summed E-state index contributed by atoms with van der Waals surface area (Å²) in [7, 11) is 0. The minimum absolute atomic E-state index is 0.0283.